The van der Waals surface area contributed by atoms with Crippen molar-refractivity contribution < 1.29 is 14.6 Å². The van der Waals surface area contributed by atoms with Crippen LogP contribution >= 0.6 is 0 Å². The average Bonchev–Trinajstić information content (AvgIpc) is 2.64. The number of aliphatic hydroxyl groups is 1. The van der Waals surface area contributed by atoms with Crippen molar-refractivity contribution in [3.8, 4) is 0 Å². The molecule has 2 aliphatic heterocycles. The van der Waals surface area contributed by atoms with Crippen molar-refractivity contribution in [3.05, 3.63) is 0 Å². The summed E-state index contributed by atoms with van der Waals surface area (Å²) >= 11 is 0. The summed E-state index contributed by atoms with van der Waals surface area (Å²) in [4.78, 5) is 13.8. The molecule has 2 fully saturated rings. The quantitative estimate of drug-likeness (QED) is 0.604. The first-order valence-corrected chi connectivity index (χ1v) is 5.24. The molecule has 2 rings (SSSR count). The molecule has 0 radical (unpaired) electrons. The lowest BCUT2D eigenvalue weighted by atomic mass is 9.87. The maximum atomic E-state index is 11.5. The molecule has 3 atom stereocenters. The number of carbonyl (C=O) groups is 1. The number of fused-ring (bicyclic) bond motifs is 1. The third kappa shape index (κ3) is 1.53. The van der Waals surface area contributed by atoms with Crippen molar-refractivity contribution >= 4 is 5.97 Å². The highest BCUT2D eigenvalue weighted by Gasteiger charge is 2.44. The fourth-order valence-corrected chi connectivity index (χ4v) is 2.72. The third-order valence-electron chi connectivity index (χ3n) is 3.43. The molecule has 0 bridgehead atoms. The predicted molar refractivity (Wildman–Crippen MR) is 50.7 cm³/mol. The van der Waals surface area contributed by atoms with E-state index in [1.54, 1.807) is 0 Å². The Morgan fingerprint density at radius 1 is 1.43 bits per heavy atom. The zero-order valence-electron chi connectivity index (χ0n) is 8.48. The van der Waals surface area contributed by atoms with Gasteiger partial charge in [0.15, 0.2) is 0 Å². The van der Waals surface area contributed by atoms with Gasteiger partial charge in [-0.3, -0.25) is 9.69 Å². The van der Waals surface area contributed by atoms with Gasteiger partial charge in [-0.15, -0.1) is 0 Å². The Labute approximate surface area is 83.8 Å². The summed E-state index contributed by atoms with van der Waals surface area (Å²) in [6, 6.07) is 0.214. The van der Waals surface area contributed by atoms with Gasteiger partial charge in [0.1, 0.15) is 0 Å². The minimum atomic E-state index is -0.512. The smallest absolute Gasteiger partial charge is 0.312 e. The number of carbonyl (C=O) groups excluding carboxylic acids is 1. The fourth-order valence-electron chi connectivity index (χ4n) is 2.72. The first kappa shape index (κ1) is 9.93. The summed E-state index contributed by atoms with van der Waals surface area (Å²) in [7, 11) is 1.39. The molecule has 3 unspecified atom stereocenters. The second-order valence-electron chi connectivity index (χ2n) is 4.15. The van der Waals surface area contributed by atoms with Gasteiger partial charge in [-0.1, -0.05) is 0 Å². The lowest BCUT2D eigenvalue weighted by Crippen LogP contribution is -2.51. The molecule has 0 aliphatic carbocycles. The minimum absolute atomic E-state index is 0.214. The second-order valence-corrected chi connectivity index (χ2v) is 4.15. The number of piperidine rings is 1. The van der Waals surface area contributed by atoms with E-state index < -0.39 is 6.10 Å². The molecule has 0 aromatic rings. The molecule has 0 saturated carbocycles. The predicted octanol–water partition coefficient (Wildman–Crippen LogP) is 0.00460. The van der Waals surface area contributed by atoms with Gasteiger partial charge in [0.2, 0.25) is 0 Å². The molecule has 2 saturated heterocycles. The lowest BCUT2D eigenvalue weighted by Gasteiger charge is -2.38. The van der Waals surface area contributed by atoms with E-state index in [2.05, 4.69) is 4.90 Å². The van der Waals surface area contributed by atoms with E-state index >= 15 is 0 Å². The number of hydrogen-bond donors (Lipinski definition) is 1. The molecular formula is C10H17NO3. The number of ether oxygens (including phenoxy) is 1. The largest absolute Gasteiger partial charge is 0.469 e. The minimum Gasteiger partial charge on any atom is -0.469 e. The summed E-state index contributed by atoms with van der Waals surface area (Å²) in [6.45, 7) is 1.98. The van der Waals surface area contributed by atoms with E-state index in [0.717, 1.165) is 25.9 Å². The van der Waals surface area contributed by atoms with Crippen LogP contribution in [0.2, 0.25) is 0 Å². The Morgan fingerprint density at radius 3 is 2.93 bits per heavy atom. The number of methoxy groups -OCH3 is 1. The van der Waals surface area contributed by atoms with Gasteiger partial charge in [-0.05, 0) is 25.8 Å². The summed E-state index contributed by atoms with van der Waals surface area (Å²) in [5.74, 6) is -0.578. The van der Waals surface area contributed by atoms with Gasteiger partial charge in [-0.25, -0.2) is 0 Å². The van der Waals surface area contributed by atoms with Crippen LogP contribution < -0.4 is 0 Å². The molecule has 4 nitrogen and oxygen atoms in total. The normalized spacial score (nSPS) is 38.0. The van der Waals surface area contributed by atoms with Crippen LogP contribution in [0.1, 0.15) is 19.3 Å². The SMILES string of the molecule is COC(=O)C1C(O)CCN2CCCC12. The molecule has 0 aromatic carbocycles. The Bertz CT molecular complexity index is 231. The first-order chi connectivity index (χ1) is 6.74. The van der Waals surface area contributed by atoms with Gasteiger partial charge in [-0.2, -0.15) is 0 Å². The van der Waals surface area contributed by atoms with E-state index in [-0.39, 0.29) is 17.9 Å². The van der Waals surface area contributed by atoms with E-state index in [1.165, 1.54) is 7.11 Å². The maximum Gasteiger partial charge on any atom is 0.312 e. The molecule has 2 heterocycles. The van der Waals surface area contributed by atoms with Gasteiger partial charge in [0.05, 0.1) is 19.1 Å². The third-order valence-corrected chi connectivity index (χ3v) is 3.43. The highest BCUT2D eigenvalue weighted by atomic mass is 16.5. The lowest BCUT2D eigenvalue weighted by molar-refractivity contribution is -0.155. The van der Waals surface area contributed by atoms with Gasteiger partial charge < -0.3 is 9.84 Å². The van der Waals surface area contributed by atoms with Crippen molar-refractivity contribution in [2.45, 2.75) is 31.4 Å². The molecule has 0 spiro atoms. The Morgan fingerprint density at radius 2 is 2.21 bits per heavy atom. The van der Waals surface area contributed by atoms with Crippen LogP contribution in [0, 0.1) is 5.92 Å². The highest BCUT2D eigenvalue weighted by molar-refractivity contribution is 5.74. The fraction of sp³-hybridized carbons (Fsp3) is 0.900. The topological polar surface area (TPSA) is 49.8 Å². The summed E-state index contributed by atoms with van der Waals surface area (Å²) < 4.78 is 4.74. The number of rotatable bonds is 1. The summed E-state index contributed by atoms with van der Waals surface area (Å²) in [5.41, 5.74) is 0. The van der Waals surface area contributed by atoms with E-state index in [0.29, 0.717) is 6.42 Å². The van der Waals surface area contributed by atoms with Crippen LogP contribution in [-0.2, 0) is 9.53 Å². The van der Waals surface area contributed by atoms with Crippen LogP contribution in [0.5, 0.6) is 0 Å². The molecule has 0 aromatic heterocycles. The van der Waals surface area contributed by atoms with Gasteiger partial charge in [0, 0.05) is 12.6 Å². The maximum absolute atomic E-state index is 11.5. The zero-order chi connectivity index (χ0) is 10.1. The van der Waals surface area contributed by atoms with Crippen molar-refractivity contribution in [1.29, 1.82) is 0 Å². The second kappa shape index (κ2) is 3.87. The zero-order valence-corrected chi connectivity index (χ0v) is 8.48. The molecule has 80 valence electrons. The van der Waals surface area contributed by atoms with E-state index in [9.17, 15) is 9.90 Å². The standard InChI is InChI=1S/C10H17NO3/c1-14-10(13)9-7-3-2-5-11(7)6-4-8(9)12/h7-9,12H,2-6H2,1H3. The van der Waals surface area contributed by atoms with Gasteiger partial charge >= 0.3 is 5.97 Å². The van der Waals surface area contributed by atoms with Gasteiger partial charge in [0.25, 0.3) is 0 Å². The Kier molecular flexibility index (Phi) is 2.74. The van der Waals surface area contributed by atoms with Crippen molar-refractivity contribution in [2.75, 3.05) is 20.2 Å². The highest BCUT2D eigenvalue weighted by Crippen LogP contribution is 2.32. The number of nitrogens with zero attached hydrogens (tertiary/aromatic N) is 1. The van der Waals surface area contributed by atoms with E-state index in [4.69, 9.17) is 4.74 Å². The van der Waals surface area contributed by atoms with Crippen LogP contribution in [0.25, 0.3) is 0 Å². The number of aliphatic hydroxyl groups excluding tert-OH is 1. The van der Waals surface area contributed by atoms with Crippen molar-refractivity contribution in [2.24, 2.45) is 5.92 Å². The van der Waals surface area contributed by atoms with Crippen LogP contribution in [0.4, 0.5) is 0 Å². The van der Waals surface area contributed by atoms with Crippen LogP contribution in [0.15, 0.2) is 0 Å². The Hall–Kier alpha value is -0.610. The number of hydrogen-bond acceptors (Lipinski definition) is 4. The Balaban J connectivity index is 2.13. The van der Waals surface area contributed by atoms with Crippen molar-refractivity contribution in [1.82, 2.24) is 4.90 Å². The molecule has 1 N–H and O–H groups in total. The number of esters is 1. The van der Waals surface area contributed by atoms with Crippen LogP contribution in [0.3, 0.4) is 0 Å². The van der Waals surface area contributed by atoms with Crippen LogP contribution in [-0.4, -0.2) is 48.3 Å². The molecule has 2 aliphatic rings. The molecule has 14 heavy (non-hydrogen) atoms. The molecular weight excluding hydrogens is 182 g/mol. The monoisotopic (exact) mass is 199 g/mol. The molecule has 4 heteroatoms. The molecule has 0 amide bonds. The summed E-state index contributed by atoms with van der Waals surface area (Å²) in [6.07, 6.45) is 2.32. The average molecular weight is 199 g/mol. The van der Waals surface area contributed by atoms with E-state index in [1.807, 2.05) is 0 Å². The van der Waals surface area contributed by atoms with Crippen molar-refractivity contribution in [3.63, 3.8) is 0 Å². The first-order valence-electron chi connectivity index (χ1n) is 5.24. The summed E-state index contributed by atoms with van der Waals surface area (Å²) in [5, 5.41) is 9.79.